The zero-order valence-corrected chi connectivity index (χ0v) is 22.6. The van der Waals surface area contributed by atoms with Gasteiger partial charge in [0.05, 0.1) is 26.1 Å². The minimum Gasteiger partial charge on any atom is -0.490 e. The molecule has 0 aliphatic heterocycles. The van der Waals surface area contributed by atoms with Crippen molar-refractivity contribution in [3.05, 3.63) is 94.6 Å². The van der Waals surface area contributed by atoms with Crippen LogP contribution in [0.4, 0.5) is 17.1 Å². The van der Waals surface area contributed by atoms with Crippen molar-refractivity contribution in [3.8, 4) is 23.3 Å². The number of halogens is 1. The highest BCUT2D eigenvalue weighted by atomic mass is 127. The maximum absolute atomic E-state index is 12.8. The van der Waals surface area contributed by atoms with Crippen LogP contribution >= 0.6 is 22.6 Å². The molecule has 0 heterocycles. The van der Waals surface area contributed by atoms with Crippen LogP contribution in [0.25, 0.3) is 6.08 Å². The summed E-state index contributed by atoms with van der Waals surface area (Å²) in [5.41, 5.74) is 1.74. The molecule has 0 bridgehead atoms. The number of benzene rings is 3. The number of nitro benzene ring substituents is 2. The van der Waals surface area contributed by atoms with Gasteiger partial charge in [0.1, 0.15) is 11.6 Å². The molecule has 0 aliphatic carbocycles. The number of non-ortho nitro benzene ring substituents is 1. The highest BCUT2D eigenvalue weighted by Gasteiger charge is 2.24. The second-order valence-corrected chi connectivity index (χ2v) is 9.14. The topological polar surface area (TPSA) is 158 Å². The Morgan fingerprint density at radius 3 is 2.42 bits per heavy atom. The van der Waals surface area contributed by atoms with Crippen LogP contribution in [0.15, 0.2) is 54.1 Å². The Morgan fingerprint density at radius 2 is 1.82 bits per heavy atom. The van der Waals surface area contributed by atoms with Crippen molar-refractivity contribution in [1.29, 1.82) is 5.26 Å². The first-order chi connectivity index (χ1) is 18.0. The van der Waals surface area contributed by atoms with Crippen molar-refractivity contribution in [1.82, 2.24) is 0 Å². The molecule has 11 nitrogen and oxygen atoms in total. The number of nitro groups is 2. The van der Waals surface area contributed by atoms with Crippen LogP contribution in [-0.2, 0) is 4.79 Å². The van der Waals surface area contributed by atoms with Gasteiger partial charge in [-0.3, -0.25) is 25.0 Å². The molecule has 0 aliphatic rings. The summed E-state index contributed by atoms with van der Waals surface area (Å²) in [7, 11) is 0. The molecule has 1 N–H and O–H groups in total. The van der Waals surface area contributed by atoms with E-state index in [-0.39, 0.29) is 29.4 Å². The van der Waals surface area contributed by atoms with E-state index in [0.717, 1.165) is 29.3 Å². The van der Waals surface area contributed by atoms with Crippen LogP contribution in [0.1, 0.15) is 23.6 Å². The lowest BCUT2D eigenvalue weighted by atomic mass is 10.1. The molecule has 0 spiro atoms. The third-order valence-electron chi connectivity index (χ3n) is 5.20. The SMILES string of the molecule is CCOc1cc(/C=C(\C#N)C(=O)Nc2ccc(C)cc2C)cc(I)c1Oc1ccc([N+](=O)[O-])cc1[N+](=O)[O-]. The lowest BCUT2D eigenvalue weighted by molar-refractivity contribution is -0.394. The average Bonchev–Trinajstić information content (AvgIpc) is 2.86. The van der Waals surface area contributed by atoms with Gasteiger partial charge >= 0.3 is 5.69 Å². The first-order valence-corrected chi connectivity index (χ1v) is 12.2. The van der Waals surface area contributed by atoms with Crippen LogP contribution in [0.3, 0.4) is 0 Å². The quantitative estimate of drug-likeness (QED) is 0.0930. The summed E-state index contributed by atoms with van der Waals surface area (Å²) in [4.78, 5) is 33.8. The predicted octanol–water partition coefficient (Wildman–Crippen LogP) is 6.46. The molecule has 0 fully saturated rings. The van der Waals surface area contributed by atoms with Crippen molar-refractivity contribution < 1.29 is 24.1 Å². The van der Waals surface area contributed by atoms with Gasteiger partial charge in [-0.15, -0.1) is 0 Å². The second kappa shape index (κ2) is 12.2. The number of anilines is 1. The van der Waals surface area contributed by atoms with Gasteiger partial charge in [-0.05, 0) is 84.8 Å². The number of nitriles is 1. The summed E-state index contributed by atoms with van der Waals surface area (Å²) in [6.45, 7) is 5.74. The maximum atomic E-state index is 12.8. The molecule has 12 heteroatoms. The van der Waals surface area contributed by atoms with Gasteiger partial charge in [-0.2, -0.15) is 5.26 Å². The standard InChI is InChI=1S/C26H21IN4O7/c1-4-37-24-12-17(10-18(14-28)26(32)29-21-7-5-15(2)9-16(21)3)11-20(27)25(24)38-23-8-6-19(30(33)34)13-22(23)31(35)36/h5-13H,4H2,1-3H3,(H,29,32)/b18-10+. The summed E-state index contributed by atoms with van der Waals surface area (Å²) in [6.07, 6.45) is 1.39. The summed E-state index contributed by atoms with van der Waals surface area (Å²) >= 11 is 1.93. The molecule has 194 valence electrons. The molecule has 0 atom stereocenters. The number of nitrogens with one attached hydrogen (secondary N) is 1. The van der Waals surface area contributed by atoms with Gasteiger partial charge in [0, 0.05) is 11.8 Å². The summed E-state index contributed by atoms with van der Waals surface area (Å²) in [5.74, 6) is -0.465. The lowest BCUT2D eigenvalue weighted by Gasteiger charge is -2.15. The zero-order valence-electron chi connectivity index (χ0n) is 20.5. The Balaban J connectivity index is 1.98. The van der Waals surface area contributed by atoms with E-state index >= 15 is 0 Å². The number of ether oxygens (including phenoxy) is 2. The number of hydrogen-bond acceptors (Lipinski definition) is 8. The van der Waals surface area contributed by atoms with Gasteiger partial charge in [-0.25, -0.2) is 0 Å². The van der Waals surface area contributed by atoms with Crippen molar-refractivity contribution in [2.75, 3.05) is 11.9 Å². The van der Waals surface area contributed by atoms with E-state index in [1.165, 1.54) is 12.1 Å². The number of nitrogens with zero attached hydrogens (tertiary/aromatic N) is 3. The fraction of sp³-hybridized carbons (Fsp3) is 0.154. The molecule has 1 amide bonds. The van der Waals surface area contributed by atoms with E-state index in [9.17, 15) is 30.3 Å². The first-order valence-electron chi connectivity index (χ1n) is 11.1. The van der Waals surface area contributed by atoms with E-state index in [1.54, 1.807) is 19.1 Å². The van der Waals surface area contributed by atoms with Gasteiger partial charge in [-0.1, -0.05) is 17.7 Å². The maximum Gasteiger partial charge on any atom is 0.318 e. The molecule has 0 aromatic heterocycles. The smallest absolute Gasteiger partial charge is 0.318 e. The van der Waals surface area contributed by atoms with Gasteiger partial charge in [0.2, 0.25) is 5.75 Å². The number of carbonyl (C=O) groups excluding carboxylic acids is 1. The van der Waals surface area contributed by atoms with Crippen molar-refractivity contribution >= 4 is 51.6 Å². The van der Waals surface area contributed by atoms with Gasteiger partial charge in [0.15, 0.2) is 11.5 Å². The summed E-state index contributed by atoms with van der Waals surface area (Å²) in [5, 5.41) is 34.9. The second-order valence-electron chi connectivity index (χ2n) is 7.97. The Labute approximate surface area is 231 Å². The normalized spacial score (nSPS) is 10.9. The van der Waals surface area contributed by atoms with E-state index in [2.05, 4.69) is 5.32 Å². The van der Waals surface area contributed by atoms with E-state index in [0.29, 0.717) is 14.8 Å². The Bertz CT molecular complexity index is 1510. The monoisotopic (exact) mass is 628 g/mol. The van der Waals surface area contributed by atoms with Crippen LogP contribution in [0, 0.1) is 49.0 Å². The highest BCUT2D eigenvalue weighted by molar-refractivity contribution is 14.1. The lowest BCUT2D eigenvalue weighted by Crippen LogP contribution is -2.14. The number of amides is 1. The van der Waals surface area contributed by atoms with E-state index < -0.39 is 27.1 Å². The Morgan fingerprint density at radius 1 is 1.08 bits per heavy atom. The third-order valence-corrected chi connectivity index (χ3v) is 6.00. The molecule has 0 saturated heterocycles. The van der Waals surface area contributed by atoms with E-state index in [1.807, 2.05) is 54.6 Å². The molecule has 38 heavy (non-hydrogen) atoms. The molecule has 3 rings (SSSR count). The highest BCUT2D eigenvalue weighted by Crippen LogP contribution is 2.41. The van der Waals surface area contributed by atoms with Crippen LogP contribution in [0.2, 0.25) is 0 Å². The van der Waals surface area contributed by atoms with Crippen molar-refractivity contribution in [2.24, 2.45) is 0 Å². The van der Waals surface area contributed by atoms with Crippen LogP contribution in [0.5, 0.6) is 17.2 Å². The number of aryl methyl sites for hydroxylation is 2. The number of rotatable bonds is 9. The molecule has 0 saturated carbocycles. The summed E-state index contributed by atoms with van der Waals surface area (Å²) in [6, 6.07) is 13.6. The fourth-order valence-electron chi connectivity index (χ4n) is 3.45. The van der Waals surface area contributed by atoms with Crippen LogP contribution in [-0.4, -0.2) is 22.4 Å². The summed E-state index contributed by atoms with van der Waals surface area (Å²) < 4.78 is 11.9. The molecule has 3 aromatic rings. The molecule has 0 unspecified atom stereocenters. The molecule has 0 radical (unpaired) electrons. The first kappa shape index (κ1) is 28.1. The Hall–Kier alpha value is -4.51. The minimum absolute atomic E-state index is 0.139. The van der Waals surface area contributed by atoms with Crippen molar-refractivity contribution in [2.45, 2.75) is 20.8 Å². The number of hydrogen-bond donors (Lipinski definition) is 1. The van der Waals surface area contributed by atoms with Crippen LogP contribution < -0.4 is 14.8 Å². The largest absolute Gasteiger partial charge is 0.490 e. The third kappa shape index (κ3) is 6.62. The average molecular weight is 628 g/mol. The van der Waals surface area contributed by atoms with Gasteiger partial charge < -0.3 is 14.8 Å². The molecule has 3 aromatic carbocycles. The van der Waals surface area contributed by atoms with E-state index in [4.69, 9.17) is 9.47 Å². The van der Waals surface area contributed by atoms with Crippen molar-refractivity contribution in [3.63, 3.8) is 0 Å². The predicted molar refractivity (Wildman–Crippen MR) is 148 cm³/mol. The van der Waals surface area contributed by atoms with Gasteiger partial charge in [0.25, 0.3) is 11.6 Å². The minimum atomic E-state index is -0.778. The molecular formula is C26H21IN4O7. The zero-order chi connectivity index (χ0) is 28.0. The molecular weight excluding hydrogens is 607 g/mol. The number of carbonyl (C=O) groups is 1. The Kier molecular flexibility index (Phi) is 8.98. The fourth-order valence-corrected chi connectivity index (χ4v) is 4.19.